The zero-order valence-electron chi connectivity index (χ0n) is 12.0. The van der Waals surface area contributed by atoms with Crippen LogP contribution in [0.5, 0.6) is 0 Å². The summed E-state index contributed by atoms with van der Waals surface area (Å²) in [5.41, 5.74) is 0. The van der Waals surface area contributed by atoms with Crippen molar-refractivity contribution < 1.29 is 9.53 Å². The highest BCUT2D eigenvalue weighted by Gasteiger charge is 2.07. The molecule has 0 aromatic rings. The Hall–Kier alpha value is -0.870. The number of carbonyl (C=O) groups is 1. The van der Waals surface area contributed by atoms with E-state index in [4.69, 9.17) is 4.74 Å². The van der Waals surface area contributed by atoms with E-state index >= 15 is 0 Å². The third-order valence-electron chi connectivity index (χ3n) is 1.98. The number of likely N-dealkylation sites (N-methyl/N-ethyl adjacent to an activating group) is 1. The van der Waals surface area contributed by atoms with E-state index in [0.717, 1.165) is 32.8 Å². The average Bonchev–Trinajstić information content (AvgIpc) is 2.44. The molecule has 0 bridgehead atoms. The van der Waals surface area contributed by atoms with Crippen LogP contribution in [0.3, 0.4) is 0 Å². The van der Waals surface area contributed by atoms with E-state index in [-0.39, 0.29) is 5.91 Å². The normalized spacial score (nSPS) is 15.4. The number of amides is 1. The fourth-order valence-corrected chi connectivity index (χ4v) is 1.18. The molecular weight excluding hydrogens is 216 g/mol. The van der Waals surface area contributed by atoms with Crippen LogP contribution in [-0.2, 0) is 9.53 Å². The van der Waals surface area contributed by atoms with E-state index in [1.54, 1.807) is 13.1 Å². The van der Waals surface area contributed by atoms with Gasteiger partial charge in [-0.1, -0.05) is 33.8 Å². The summed E-state index contributed by atoms with van der Waals surface area (Å²) >= 11 is 0. The molecule has 1 N–H and O–H groups in total. The summed E-state index contributed by atoms with van der Waals surface area (Å²) in [7, 11) is 1.63. The first-order valence-electron chi connectivity index (χ1n) is 6.51. The van der Waals surface area contributed by atoms with Crippen molar-refractivity contribution in [3.8, 4) is 0 Å². The number of nitrogens with one attached hydrogen (secondary N) is 1. The SMILES string of the molecule is CC.CC.CNC(=O)/C=C/CN1CCOCC1. The van der Waals surface area contributed by atoms with E-state index in [2.05, 4.69) is 10.2 Å². The monoisotopic (exact) mass is 244 g/mol. The van der Waals surface area contributed by atoms with Crippen LogP contribution in [0, 0.1) is 0 Å². The molecule has 0 radical (unpaired) electrons. The minimum absolute atomic E-state index is 0.0479. The number of hydrogen-bond donors (Lipinski definition) is 1. The minimum atomic E-state index is -0.0479. The van der Waals surface area contributed by atoms with Gasteiger partial charge in [-0.2, -0.15) is 0 Å². The van der Waals surface area contributed by atoms with Gasteiger partial charge in [0.05, 0.1) is 13.2 Å². The summed E-state index contributed by atoms with van der Waals surface area (Å²) in [5.74, 6) is -0.0479. The fraction of sp³-hybridized carbons (Fsp3) is 0.769. The number of hydrogen-bond acceptors (Lipinski definition) is 3. The van der Waals surface area contributed by atoms with E-state index in [0.29, 0.717) is 0 Å². The fourth-order valence-electron chi connectivity index (χ4n) is 1.18. The number of rotatable bonds is 3. The van der Waals surface area contributed by atoms with Crippen LogP contribution >= 0.6 is 0 Å². The van der Waals surface area contributed by atoms with Gasteiger partial charge < -0.3 is 10.1 Å². The Morgan fingerprint density at radius 3 is 2.24 bits per heavy atom. The van der Waals surface area contributed by atoms with Gasteiger partial charge in [0.25, 0.3) is 0 Å². The van der Waals surface area contributed by atoms with Gasteiger partial charge in [-0.05, 0) is 0 Å². The molecular formula is C13H28N2O2. The lowest BCUT2D eigenvalue weighted by molar-refractivity contribution is -0.116. The zero-order valence-corrected chi connectivity index (χ0v) is 12.0. The maximum Gasteiger partial charge on any atom is 0.243 e. The first-order valence-corrected chi connectivity index (χ1v) is 6.51. The second kappa shape index (κ2) is 15.1. The zero-order chi connectivity index (χ0) is 13.5. The van der Waals surface area contributed by atoms with Gasteiger partial charge in [0, 0.05) is 32.8 Å². The van der Waals surface area contributed by atoms with Crippen molar-refractivity contribution in [3.63, 3.8) is 0 Å². The van der Waals surface area contributed by atoms with E-state index in [9.17, 15) is 4.79 Å². The molecule has 0 spiro atoms. The molecule has 1 rings (SSSR count). The highest BCUT2D eigenvalue weighted by Crippen LogP contribution is 1.95. The molecule has 4 heteroatoms. The van der Waals surface area contributed by atoms with E-state index in [1.807, 2.05) is 33.8 Å². The second-order valence-corrected chi connectivity index (χ2v) is 2.93. The topological polar surface area (TPSA) is 41.6 Å². The van der Waals surface area contributed by atoms with Crippen molar-refractivity contribution in [2.24, 2.45) is 0 Å². The summed E-state index contributed by atoms with van der Waals surface area (Å²) in [6, 6.07) is 0. The van der Waals surface area contributed by atoms with Crippen LogP contribution in [0.4, 0.5) is 0 Å². The second-order valence-electron chi connectivity index (χ2n) is 2.93. The maximum atomic E-state index is 10.8. The molecule has 0 saturated carbocycles. The Morgan fingerprint density at radius 2 is 1.76 bits per heavy atom. The molecule has 1 heterocycles. The van der Waals surface area contributed by atoms with Crippen molar-refractivity contribution in [2.75, 3.05) is 39.9 Å². The van der Waals surface area contributed by atoms with Crippen LogP contribution in [0.25, 0.3) is 0 Å². The summed E-state index contributed by atoms with van der Waals surface area (Å²) in [6.07, 6.45) is 3.44. The largest absolute Gasteiger partial charge is 0.379 e. The van der Waals surface area contributed by atoms with Crippen molar-refractivity contribution in [1.29, 1.82) is 0 Å². The minimum Gasteiger partial charge on any atom is -0.379 e. The molecule has 0 aromatic heterocycles. The van der Waals surface area contributed by atoms with Gasteiger partial charge >= 0.3 is 0 Å². The first kappa shape index (κ1) is 18.5. The molecule has 1 aliphatic heterocycles. The predicted molar refractivity (Wildman–Crippen MR) is 73.2 cm³/mol. The Labute approximate surface area is 106 Å². The summed E-state index contributed by atoms with van der Waals surface area (Å²) in [6.45, 7) is 12.3. The van der Waals surface area contributed by atoms with Gasteiger partial charge in [0.15, 0.2) is 0 Å². The third-order valence-corrected chi connectivity index (χ3v) is 1.98. The van der Waals surface area contributed by atoms with Crippen molar-refractivity contribution in [2.45, 2.75) is 27.7 Å². The summed E-state index contributed by atoms with van der Waals surface area (Å²) < 4.78 is 5.20. The molecule has 102 valence electrons. The van der Waals surface area contributed by atoms with Crippen molar-refractivity contribution in [1.82, 2.24) is 10.2 Å². The Morgan fingerprint density at radius 1 is 1.24 bits per heavy atom. The number of nitrogens with zero attached hydrogens (tertiary/aromatic N) is 1. The molecule has 4 nitrogen and oxygen atoms in total. The van der Waals surface area contributed by atoms with Crippen LogP contribution in [-0.4, -0.2) is 50.7 Å². The van der Waals surface area contributed by atoms with Crippen molar-refractivity contribution >= 4 is 5.91 Å². The molecule has 1 saturated heterocycles. The van der Waals surface area contributed by atoms with Crippen LogP contribution < -0.4 is 5.32 Å². The third kappa shape index (κ3) is 11.4. The van der Waals surface area contributed by atoms with Crippen LogP contribution in [0.1, 0.15) is 27.7 Å². The van der Waals surface area contributed by atoms with E-state index in [1.165, 1.54) is 0 Å². The van der Waals surface area contributed by atoms with E-state index < -0.39 is 0 Å². The molecule has 1 fully saturated rings. The molecule has 17 heavy (non-hydrogen) atoms. The highest BCUT2D eigenvalue weighted by molar-refractivity contribution is 5.87. The molecule has 0 aliphatic carbocycles. The molecule has 0 aromatic carbocycles. The lowest BCUT2D eigenvalue weighted by atomic mass is 10.4. The van der Waals surface area contributed by atoms with Crippen molar-refractivity contribution in [3.05, 3.63) is 12.2 Å². The predicted octanol–water partition coefficient (Wildman–Crippen LogP) is 1.67. The first-order chi connectivity index (χ1) is 8.33. The standard InChI is InChI=1S/C9H16N2O2.2C2H6/c1-10-9(12)3-2-4-11-5-7-13-8-6-11;2*1-2/h2-3H,4-8H2,1H3,(H,10,12);2*1-2H3/b3-2+;;. The summed E-state index contributed by atoms with van der Waals surface area (Å²) in [4.78, 5) is 13.1. The molecule has 0 unspecified atom stereocenters. The van der Waals surface area contributed by atoms with Gasteiger partial charge in [-0.25, -0.2) is 0 Å². The Bertz CT molecular complexity index is 188. The summed E-state index contributed by atoms with van der Waals surface area (Å²) in [5, 5.41) is 2.53. The number of carbonyl (C=O) groups excluding carboxylic acids is 1. The number of ether oxygens (including phenoxy) is 1. The average molecular weight is 244 g/mol. The van der Waals surface area contributed by atoms with Gasteiger partial charge in [-0.15, -0.1) is 0 Å². The van der Waals surface area contributed by atoms with Gasteiger partial charge in [0.1, 0.15) is 0 Å². The quantitative estimate of drug-likeness (QED) is 0.768. The lowest BCUT2D eigenvalue weighted by Crippen LogP contribution is -2.36. The van der Waals surface area contributed by atoms with Crippen LogP contribution in [0.15, 0.2) is 12.2 Å². The number of morpholine rings is 1. The Balaban J connectivity index is 0. The lowest BCUT2D eigenvalue weighted by Gasteiger charge is -2.24. The Kier molecular flexibility index (Phi) is 16.5. The molecule has 0 atom stereocenters. The molecule has 1 aliphatic rings. The van der Waals surface area contributed by atoms with Gasteiger partial charge in [0.2, 0.25) is 5.91 Å². The highest BCUT2D eigenvalue weighted by atomic mass is 16.5. The van der Waals surface area contributed by atoms with Gasteiger partial charge in [-0.3, -0.25) is 9.69 Å². The molecule has 1 amide bonds. The van der Waals surface area contributed by atoms with Crippen LogP contribution in [0.2, 0.25) is 0 Å². The smallest absolute Gasteiger partial charge is 0.243 e. The maximum absolute atomic E-state index is 10.8.